The molecule has 0 unspecified atom stereocenters. The molecule has 0 heterocycles. The molecule has 0 saturated heterocycles. The SMILES string of the molecule is NCCN.[NaH].[NaH].[NaH]. The molecule has 0 spiro atoms. The number of nitrogens with two attached hydrogens (primary N) is 2. The first kappa shape index (κ1) is 22.5. The van der Waals surface area contributed by atoms with Crippen molar-refractivity contribution < 1.29 is 0 Å². The van der Waals surface area contributed by atoms with Gasteiger partial charge in [-0.3, -0.25) is 0 Å². The van der Waals surface area contributed by atoms with Gasteiger partial charge in [-0.1, -0.05) is 0 Å². The van der Waals surface area contributed by atoms with Crippen LogP contribution in [0.25, 0.3) is 0 Å². The zero-order valence-electron chi connectivity index (χ0n) is 2.57. The van der Waals surface area contributed by atoms with Crippen LogP contribution in [0.4, 0.5) is 0 Å². The standard InChI is InChI=1S/C2H8N2.3Na.3H/c3-1-2-4;;;;;;/h1-4H2;;;;;;. The van der Waals surface area contributed by atoms with E-state index in [4.69, 9.17) is 11.5 Å². The van der Waals surface area contributed by atoms with Crippen LogP contribution in [0, 0.1) is 0 Å². The van der Waals surface area contributed by atoms with Crippen molar-refractivity contribution >= 4 is 88.7 Å². The summed E-state index contributed by atoms with van der Waals surface area (Å²) in [5.74, 6) is 0. The normalized spacial score (nSPS) is 4.29. The van der Waals surface area contributed by atoms with E-state index in [9.17, 15) is 0 Å². The fraction of sp³-hybridized carbons (Fsp3) is 1.00. The monoisotopic (exact) mass is 132 g/mol. The Hall–Kier alpha value is 2.92. The predicted octanol–water partition coefficient (Wildman–Crippen LogP) is -3.04. The van der Waals surface area contributed by atoms with Gasteiger partial charge in [0.2, 0.25) is 0 Å². The second-order valence-corrected chi connectivity index (χ2v) is 0.577. The Balaban J connectivity index is -0.0000000150. The molecule has 0 atom stereocenters. The third-order valence-corrected chi connectivity index (χ3v) is 0.167. The molecule has 0 aliphatic rings. The third kappa shape index (κ3) is 27.8. The van der Waals surface area contributed by atoms with Gasteiger partial charge < -0.3 is 11.5 Å². The molecular formula is C2H11N2Na3. The summed E-state index contributed by atoms with van der Waals surface area (Å²) in [5.41, 5.74) is 9.81. The first-order chi connectivity index (χ1) is 1.91. The van der Waals surface area contributed by atoms with Crippen molar-refractivity contribution in [1.29, 1.82) is 0 Å². The van der Waals surface area contributed by atoms with E-state index in [0.29, 0.717) is 13.1 Å². The first-order valence-electron chi connectivity index (χ1n) is 1.32. The van der Waals surface area contributed by atoms with E-state index in [-0.39, 0.29) is 88.7 Å². The molecule has 0 aromatic rings. The van der Waals surface area contributed by atoms with E-state index < -0.39 is 0 Å². The molecule has 4 N–H and O–H groups in total. The molecule has 7 heavy (non-hydrogen) atoms. The predicted molar refractivity (Wildman–Crippen MR) is 39.6 cm³/mol. The van der Waals surface area contributed by atoms with Crippen LogP contribution in [0.3, 0.4) is 0 Å². The molecule has 0 aliphatic carbocycles. The van der Waals surface area contributed by atoms with Crippen LogP contribution in [0.15, 0.2) is 0 Å². The summed E-state index contributed by atoms with van der Waals surface area (Å²) in [6.07, 6.45) is 0. The maximum atomic E-state index is 4.90. The van der Waals surface area contributed by atoms with Crippen LogP contribution < -0.4 is 11.5 Å². The van der Waals surface area contributed by atoms with Gasteiger partial charge >= 0.3 is 88.7 Å². The Morgan fingerprint density at radius 1 is 0.714 bits per heavy atom. The van der Waals surface area contributed by atoms with Crippen LogP contribution >= 0.6 is 0 Å². The molecule has 0 rings (SSSR count). The fourth-order valence-corrected chi connectivity index (χ4v) is 0. The van der Waals surface area contributed by atoms with Crippen molar-refractivity contribution in [3.05, 3.63) is 0 Å². The molecule has 2 nitrogen and oxygen atoms in total. The van der Waals surface area contributed by atoms with Crippen LogP contribution in [-0.2, 0) is 0 Å². The summed E-state index contributed by atoms with van der Waals surface area (Å²) >= 11 is 0. The zero-order chi connectivity index (χ0) is 3.41. The van der Waals surface area contributed by atoms with Gasteiger partial charge in [0.25, 0.3) is 0 Å². The van der Waals surface area contributed by atoms with Gasteiger partial charge in [-0.2, -0.15) is 0 Å². The molecular weight excluding hydrogens is 121 g/mol. The molecule has 0 aliphatic heterocycles. The Labute approximate surface area is 111 Å². The summed E-state index contributed by atoms with van der Waals surface area (Å²) in [4.78, 5) is 0. The van der Waals surface area contributed by atoms with Gasteiger partial charge in [-0.15, -0.1) is 0 Å². The number of hydrogen-bond acceptors (Lipinski definition) is 2. The summed E-state index contributed by atoms with van der Waals surface area (Å²) in [5, 5.41) is 0. The van der Waals surface area contributed by atoms with Crippen molar-refractivity contribution in [3.8, 4) is 0 Å². The molecule has 0 saturated carbocycles. The van der Waals surface area contributed by atoms with E-state index in [1.807, 2.05) is 0 Å². The molecule has 0 amide bonds. The number of rotatable bonds is 1. The van der Waals surface area contributed by atoms with Gasteiger partial charge in [-0.25, -0.2) is 0 Å². The summed E-state index contributed by atoms with van der Waals surface area (Å²) in [6, 6.07) is 0. The molecule has 0 radical (unpaired) electrons. The average molecular weight is 132 g/mol. The van der Waals surface area contributed by atoms with Gasteiger partial charge in [-0.05, 0) is 0 Å². The Kier molecular flexibility index (Phi) is 74.4. The number of hydrogen-bond donors (Lipinski definition) is 2. The quantitative estimate of drug-likeness (QED) is 0.373. The fourth-order valence-electron chi connectivity index (χ4n) is 0. The summed E-state index contributed by atoms with van der Waals surface area (Å²) < 4.78 is 0. The third-order valence-electron chi connectivity index (χ3n) is 0.167. The van der Waals surface area contributed by atoms with Crippen molar-refractivity contribution in [2.75, 3.05) is 13.1 Å². The molecule has 0 aromatic heterocycles. The van der Waals surface area contributed by atoms with E-state index in [0.717, 1.165) is 0 Å². The average Bonchev–Trinajstić information content (AvgIpc) is 1.37. The molecule has 0 bridgehead atoms. The summed E-state index contributed by atoms with van der Waals surface area (Å²) in [7, 11) is 0. The Morgan fingerprint density at radius 2 is 0.857 bits per heavy atom. The van der Waals surface area contributed by atoms with E-state index in [1.54, 1.807) is 0 Å². The minimum absolute atomic E-state index is 0. The van der Waals surface area contributed by atoms with Crippen LogP contribution in [0.1, 0.15) is 0 Å². The molecule has 0 fully saturated rings. The van der Waals surface area contributed by atoms with Crippen LogP contribution in [-0.4, -0.2) is 102 Å². The van der Waals surface area contributed by atoms with Gasteiger partial charge in [0.15, 0.2) is 0 Å². The van der Waals surface area contributed by atoms with Gasteiger partial charge in [0.1, 0.15) is 0 Å². The molecule has 5 heteroatoms. The zero-order valence-corrected chi connectivity index (χ0v) is 2.57. The van der Waals surface area contributed by atoms with Crippen molar-refractivity contribution in [2.24, 2.45) is 11.5 Å². The summed E-state index contributed by atoms with van der Waals surface area (Å²) in [6.45, 7) is 1.19. The van der Waals surface area contributed by atoms with Gasteiger partial charge in [0.05, 0.1) is 0 Å². The topological polar surface area (TPSA) is 52.0 Å². The maximum absolute atomic E-state index is 4.90. The Morgan fingerprint density at radius 3 is 0.857 bits per heavy atom. The van der Waals surface area contributed by atoms with E-state index in [2.05, 4.69) is 0 Å². The first-order valence-corrected chi connectivity index (χ1v) is 1.32. The Bertz CT molecular complexity index is 12.9. The van der Waals surface area contributed by atoms with Crippen molar-refractivity contribution in [3.63, 3.8) is 0 Å². The second kappa shape index (κ2) is 23.1. The van der Waals surface area contributed by atoms with Crippen LogP contribution in [0.2, 0.25) is 0 Å². The second-order valence-electron chi connectivity index (χ2n) is 0.577. The molecule has 32 valence electrons. The van der Waals surface area contributed by atoms with Crippen molar-refractivity contribution in [2.45, 2.75) is 0 Å². The van der Waals surface area contributed by atoms with Gasteiger partial charge in [0, 0.05) is 13.1 Å². The van der Waals surface area contributed by atoms with Crippen LogP contribution in [0.5, 0.6) is 0 Å². The minimum atomic E-state index is 0. The van der Waals surface area contributed by atoms with E-state index >= 15 is 0 Å². The van der Waals surface area contributed by atoms with Crippen molar-refractivity contribution in [1.82, 2.24) is 0 Å². The van der Waals surface area contributed by atoms with E-state index in [1.165, 1.54) is 0 Å². The molecule has 0 aromatic carbocycles.